The summed E-state index contributed by atoms with van der Waals surface area (Å²) in [7, 11) is 4.27. The Bertz CT molecular complexity index is 718. The van der Waals surface area contributed by atoms with Gasteiger partial charge in [0.1, 0.15) is 20.1 Å². The topological polar surface area (TPSA) is 52.9 Å². The molecule has 1 aromatic carbocycles. The third-order valence-electron chi connectivity index (χ3n) is 6.50. The Balaban J connectivity index is 1.87. The van der Waals surface area contributed by atoms with Gasteiger partial charge in [-0.1, -0.05) is 17.6 Å². The number of phenolic OH excluding ortho intramolecular Hbond substituents is 1. The van der Waals surface area contributed by atoms with Gasteiger partial charge in [-0.3, -0.25) is 0 Å². The Kier molecular flexibility index (Phi) is 2.31. The van der Waals surface area contributed by atoms with Gasteiger partial charge in [0.15, 0.2) is 11.5 Å². The van der Waals surface area contributed by atoms with Crippen molar-refractivity contribution in [2.24, 2.45) is 5.92 Å². The van der Waals surface area contributed by atoms with E-state index in [0.29, 0.717) is 17.7 Å². The zero-order valence-electron chi connectivity index (χ0n) is 12.9. The number of aromatic hydroxyl groups is 1. The molecule has 2 N–H and O–H groups in total. The van der Waals surface area contributed by atoms with Crippen LogP contribution in [0.25, 0.3) is 0 Å². The van der Waals surface area contributed by atoms with Crippen molar-refractivity contribution in [3.05, 3.63) is 29.3 Å². The molecule has 2 bridgehead atoms. The van der Waals surface area contributed by atoms with E-state index in [1.807, 2.05) is 12.1 Å². The van der Waals surface area contributed by atoms with E-state index >= 15 is 0 Å². The predicted octanol–water partition coefficient (Wildman–Crippen LogP) is -0.544. The van der Waals surface area contributed by atoms with Crippen molar-refractivity contribution in [3.8, 4) is 11.5 Å². The molecule has 4 aliphatic rings. The Morgan fingerprint density at radius 3 is 3.05 bits per heavy atom. The number of ether oxygens (including phenoxy) is 1. The Morgan fingerprint density at radius 1 is 1.41 bits per heavy atom. The predicted molar refractivity (Wildman–Crippen MR) is 85.8 cm³/mol. The van der Waals surface area contributed by atoms with Gasteiger partial charge in [0.25, 0.3) is 0 Å². The molecule has 2 aliphatic heterocycles. The van der Waals surface area contributed by atoms with Crippen LogP contribution in [0, 0.1) is 5.92 Å². The van der Waals surface area contributed by atoms with E-state index in [1.54, 1.807) is 0 Å². The van der Waals surface area contributed by atoms with Gasteiger partial charge in [-0.2, -0.15) is 0 Å². The molecule has 5 rings (SSSR count). The first-order chi connectivity index (χ1) is 10.5. The number of piperidine rings is 1. The maximum absolute atomic E-state index is 10.5. The summed E-state index contributed by atoms with van der Waals surface area (Å²) in [4.78, 5) is 2.45. The molecule has 1 fully saturated rings. The summed E-state index contributed by atoms with van der Waals surface area (Å²) in [5.74, 6) is 1.21. The molecular weight excluding hydrogens is 277 g/mol. The standard InChI is InChI=1S/C17H20BNO3/c1-19-5-4-17-9-2-3-12(20)16(17)22-15-13(21)7-10(18)8(14(15)17)6-11(9)19/h2-3,7,9,11-12,16,20-21H,4-6,18H2,1H3/t9-,11+,12-,16-,17-/m0/s1. The first-order valence-electron chi connectivity index (χ1n) is 8.13. The second-order valence-electron chi connectivity index (χ2n) is 7.38. The molecule has 0 saturated carbocycles. The highest BCUT2D eigenvalue weighted by Crippen LogP contribution is 2.61. The molecule has 5 atom stereocenters. The molecular formula is C17H20BNO3. The maximum atomic E-state index is 10.5. The van der Waals surface area contributed by atoms with Gasteiger partial charge in [-0.05, 0) is 38.1 Å². The summed E-state index contributed by atoms with van der Waals surface area (Å²) in [6, 6.07) is 2.27. The summed E-state index contributed by atoms with van der Waals surface area (Å²) < 4.78 is 6.14. The van der Waals surface area contributed by atoms with Crippen LogP contribution in [0.3, 0.4) is 0 Å². The number of phenols is 1. The number of hydrogen-bond acceptors (Lipinski definition) is 4. The number of benzene rings is 1. The minimum absolute atomic E-state index is 0.169. The largest absolute Gasteiger partial charge is 0.504 e. The van der Waals surface area contributed by atoms with Crippen molar-refractivity contribution in [1.29, 1.82) is 0 Å². The third kappa shape index (κ3) is 1.25. The molecule has 0 unspecified atom stereocenters. The third-order valence-corrected chi connectivity index (χ3v) is 6.50. The van der Waals surface area contributed by atoms with Gasteiger partial charge < -0.3 is 19.8 Å². The Morgan fingerprint density at radius 2 is 2.23 bits per heavy atom. The molecule has 22 heavy (non-hydrogen) atoms. The first kappa shape index (κ1) is 13.0. The molecule has 0 amide bonds. The van der Waals surface area contributed by atoms with Gasteiger partial charge in [0.2, 0.25) is 0 Å². The average Bonchev–Trinajstić information content (AvgIpc) is 2.83. The zero-order valence-corrected chi connectivity index (χ0v) is 12.9. The second kappa shape index (κ2) is 3.89. The summed E-state index contributed by atoms with van der Waals surface area (Å²) >= 11 is 0. The van der Waals surface area contributed by atoms with Crippen LogP contribution in [0.4, 0.5) is 0 Å². The van der Waals surface area contributed by atoms with Crippen LogP contribution in [-0.4, -0.2) is 54.8 Å². The van der Waals surface area contributed by atoms with Crippen molar-refractivity contribution in [2.75, 3.05) is 13.6 Å². The summed E-state index contributed by atoms with van der Waals surface area (Å²) in [6.45, 7) is 1.01. The monoisotopic (exact) mass is 297 g/mol. The second-order valence-corrected chi connectivity index (χ2v) is 7.38. The van der Waals surface area contributed by atoms with E-state index in [-0.39, 0.29) is 17.3 Å². The van der Waals surface area contributed by atoms with E-state index in [2.05, 4.69) is 25.9 Å². The van der Waals surface area contributed by atoms with Gasteiger partial charge in [0.05, 0.1) is 0 Å². The highest BCUT2D eigenvalue weighted by molar-refractivity contribution is 6.33. The Hall–Kier alpha value is -1.46. The lowest BCUT2D eigenvalue weighted by Crippen LogP contribution is -2.65. The van der Waals surface area contributed by atoms with Crippen LogP contribution in [0.5, 0.6) is 11.5 Å². The maximum Gasteiger partial charge on any atom is 0.165 e. The number of aliphatic hydroxyl groups excluding tert-OH is 1. The van der Waals surface area contributed by atoms with E-state index in [4.69, 9.17) is 4.74 Å². The van der Waals surface area contributed by atoms with Crippen LogP contribution in [0.2, 0.25) is 0 Å². The molecule has 2 aliphatic carbocycles. The molecule has 0 radical (unpaired) electrons. The normalized spacial score (nSPS) is 41.2. The highest BCUT2D eigenvalue weighted by Gasteiger charge is 2.64. The van der Waals surface area contributed by atoms with E-state index in [0.717, 1.165) is 24.8 Å². The van der Waals surface area contributed by atoms with Gasteiger partial charge in [-0.15, -0.1) is 0 Å². The van der Waals surface area contributed by atoms with Crippen molar-refractivity contribution in [3.63, 3.8) is 0 Å². The number of likely N-dealkylation sites (N-methyl/N-ethyl adjacent to an activating group) is 1. The first-order valence-corrected chi connectivity index (χ1v) is 8.13. The van der Waals surface area contributed by atoms with Crippen LogP contribution < -0.4 is 10.2 Å². The number of rotatable bonds is 0. The van der Waals surface area contributed by atoms with Crippen LogP contribution >= 0.6 is 0 Å². The van der Waals surface area contributed by atoms with Crippen molar-refractivity contribution >= 4 is 13.3 Å². The van der Waals surface area contributed by atoms with Crippen molar-refractivity contribution < 1.29 is 14.9 Å². The van der Waals surface area contributed by atoms with Crippen LogP contribution in [0.1, 0.15) is 17.5 Å². The lowest BCUT2D eigenvalue weighted by Gasteiger charge is -2.56. The molecule has 114 valence electrons. The van der Waals surface area contributed by atoms with E-state index in [1.165, 1.54) is 11.1 Å². The Labute approximate surface area is 130 Å². The molecule has 1 saturated heterocycles. The number of nitrogens with zero attached hydrogens (tertiary/aromatic N) is 1. The molecule has 5 heteroatoms. The fourth-order valence-electron chi connectivity index (χ4n) is 5.50. The molecule has 4 nitrogen and oxygen atoms in total. The zero-order chi connectivity index (χ0) is 15.2. The number of aliphatic hydroxyl groups is 1. The smallest absolute Gasteiger partial charge is 0.165 e. The SMILES string of the molecule is Bc1cc(O)c2c3c1C[C@@H]1[C@@H]4C=C[C@H](O)[C@H](O2)[C@]34CCN1C. The van der Waals surface area contributed by atoms with E-state index < -0.39 is 6.10 Å². The summed E-state index contributed by atoms with van der Waals surface area (Å²) in [6.07, 6.45) is 5.19. The number of likely N-dealkylation sites (tertiary alicyclic amines) is 1. The van der Waals surface area contributed by atoms with Gasteiger partial charge in [0, 0.05) is 22.9 Å². The number of hydrogen-bond donors (Lipinski definition) is 2. The van der Waals surface area contributed by atoms with Crippen LogP contribution in [0.15, 0.2) is 18.2 Å². The van der Waals surface area contributed by atoms with Crippen LogP contribution in [-0.2, 0) is 11.8 Å². The minimum atomic E-state index is -0.599. The van der Waals surface area contributed by atoms with Gasteiger partial charge >= 0.3 is 0 Å². The highest BCUT2D eigenvalue weighted by atomic mass is 16.5. The lowest BCUT2D eigenvalue weighted by atomic mass is 9.52. The fraction of sp³-hybridized carbons (Fsp3) is 0.529. The van der Waals surface area contributed by atoms with Gasteiger partial charge in [-0.25, -0.2) is 0 Å². The molecule has 2 heterocycles. The molecule has 1 aromatic rings. The molecule has 1 spiro atoms. The lowest BCUT2D eigenvalue weighted by molar-refractivity contribution is -0.0452. The average molecular weight is 297 g/mol. The quantitative estimate of drug-likeness (QED) is 0.499. The fourth-order valence-corrected chi connectivity index (χ4v) is 5.50. The summed E-state index contributed by atoms with van der Waals surface area (Å²) in [5, 5.41) is 20.9. The molecule has 0 aromatic heterocycles. The summed E-state index contributed by atoms with van der Waals surface area (Å²) in [5.41, 5.74) is 3.48. The van der Waals surface area contributed by atoms with E-state index in [9.17, 15) is 10.2 Å². The minimum Gasteiger partial charge on any atom is -0.504 e. The van der Waals surface area contributed by atoms with Crippen molar-refractivity contribution in [1.82, 2.24) is 4.90 Å². The van der Waals surface area contributed by atoms with Crippen molar-refractivity contribution in [2.45, 2.75) is 36.5 Å².